The zero-order chi connectivity index (χ0) is 20.3. The maximum atomic E-state index is 2.50. The lowest BCUT2D eigenvalue weighted by Crippen LogP contribution is -2.01. The van der Waals surface area contributed by atoms with E-state index in [0.29, 0.717) is 11.8 Å². The highest BCUT2D eigenvalue weighted by atomic mass is 14.2. The highest BCUT2D eigenvalue weighted by Gasteiger charge is 2.18. The van der Waals surface area contributed by atoms with Gasteiger partial charge in [0, 0.05) is 0 Å². The number of benzene rings is 3. The minimum atomic E-state index is 0.522. The van der Waals surface area contributed by atoms with Crippen molar-refractivity contribution in [1.29, 1.82) is 0 Å². The second-order valence-corrected chi connectivity index (χ2v) is 9.10. The normalized spacial score (nSPS) is 12.0. The van der Waals surface area contributed by atoms with Gasteiger partial charge in [0.2, 0.25) is 0 Å². The van der Waals surface area contributed by atoms with E-state index < -0.39 is 0 Å². The quantitative estimate of drug-likeness (QED) is 0.345. The topological polar surface area (TPSA) is 0 Å². The summed E-state index contributed by atoms with van der Waals surface area (Å²) in [6.45, 7) is 14.0. The van der Waals surface area contributed by atoms with Gasteiger partial charge < -0.3 is 0 Å². The van der Waals surface area contributed by atoms with Crippen molar-refractivity contribution in [3.8, 4) is 0 Å². The van der Waals surface area contributed by atoms with Crippen LogP contribution in [0.3, 0.4) is 0 Å². The summed E-state index contributed by atoms with van der Waals surface area (Å²) in [7, 11) is 0. The van der Waals surface area contributed by atoms with E-state index in [0.717, 1.165) is 0 Å². The van der Waals surface area contributed by atoms with E-state index in [4.69, 9.17) is 0 Å². The van der Waals surface area contributed by atoms with Gasteiger partial charge in [0.1, 0.15) is 0 Å². The predicted molar refractivity (Wildman–Crippen MR) is 127 cm³/mol. The lowest BCUT2D eigenvalue weighted by atomic mass is 9.82. The molecule has 0 heteroatoms. The van der Waals surface area contributed by atoms with Crippen LogP contribution in [-0.4, -0.2) is 0 Å². The van der Waals surface area contributed by atoms with Crippen LogP contribution >= 0.6 is 0 Å². The lowest BCUT2D eigenvalue weighted by Gasteiger charge is -2.22. The molecular formula is C28H38. The van der Waals surface area contributed by atoms with Crippen LogP contribution in [0.2, 0.25) is 0 Å². The molecule has 28 heavy (non-hydrogen) atoms. The van der Waals surface area contributed by atoms with Gasteiger partial charge in [-0.05, 0) is 81.3 Å². The van der Waals surface area contributed by atoms with E-state index in [-0.39, 0.29) is 0 Å². The van der Waals surface area contributed by atoms with Gasteiger partial charge >= 0.3 is 0 Å². The van der Waals surface area contributed by atoms with Crippen LogP contribution in [0.4, 0.5) is 0 Å². The van der Waals surface area contributed by atoms with E-state index in [1.54, 1.807) is 0 Å². The first kappa shape index (κ1) is 20.9. The molecule has 0 N–H and O–H groups in total. The van der Waals surface area contributed by atoms with Crippen LogP contribution in [0.5, 0.6) is 0 Å². The van der Waals surface area contributed by atoms with Gasteiger partial charge in [0.05, 0.1) is 0 Å². The molecule has 0 heterocycles. The Kier molecular flexibility index (Phi) is 6.81. The first-order chi connectivity index (χ1) is 13.5. The Labute approximate surface area is 172 Å². The fraction of sp³-hybridized carbons (Fsp3) is 0.500. The average molecular weight is 375 g/mol. The molecular weight excluding hydrogens is 336 g/mol. The third kappa shape index (κ3) is 4.12. The summed E-state index contributed by atoms with van der Waals surface area (Å²) >= 11 is 0. The molecule has 0 aliphatic carbocycles. The van der Waals surface area contributed by atoms with Crippen molar-refractivity contribution in [3.63, 3.8) is 0 Å². The first-order valence-electron chi connectivity index (χ1n) is 11.5. The molecule has 150 valence electrons. The molecule has 3 rings (SSSR count). The summed E-state index contributed by atoms with van der Waals surface area (Å²) in [4.78, 5) is 0. The van der Waals surface area contributed by atoms with Crippen molar-refractivity contribution in [1.82, 2.24) is 0 Å². The number of hydrogen-bond acceptors (Lipinski definition) is 0. The summed E-state index contributed by atoms with van der Waals surface area (Å²) in [6.07, 6.45) is 7.43. The summed E-state index contributed by atoms with van der Waals surface area (Å²) in [6, 6.07) is 14.6. The van der Waals surface area contributed by atoms with Crippen LogP contribution in [0.1, 0.15) is 101 Å². The zero-order valence-corrected chi connectivity index (χ0v) is 18.9. The molecule has 3 aromatic carbocycles. The molecule has 0 fully saturated rings. The Hall–Kier alpha value is -1.82. The van der Waals surface area contributed by atoms with Crippen LogP contribution < -0.4 is 0 Å². The maximum Gasteiger partial charge on any atom is -0.0137 e. The summed E-state index contributed by atoms with van der Waals surface area (Å²) in [5.41, 5.74) is 6.05. The van der Waals surface area contributed by atoms with Gasteiger partial charge in [-0.1, -0.05) is 90.8 Å². The SMILES string of the molecule is CCCCc1ccc2c(C(C)C)c3cc(CCCC)ccc3c(C(C)C)c2c1. The molecule has 0 atom stereocenters. The first-order valence-corrected chi connectivity index (χ1v) is 11.5. The van der Waals surface area contributed by atoms with Crippen molar-refractivity contribution in [2.75, 3.05) is 0 Å². The molecule has 0 nitrogen and oxygen atoms in total. The molecule has 0 aliphatic rings. The summed E-state index contributed by atoms with van der Waals surface area (Å²) in [5.74, 6) is 1.04. The van der Waals surface area contributed by atoms with E-state index >= 15 is 0 Å². The molecule has 0 saturated carbocycles. The second-order valence-electron chi connectivity index (χ2n) is 9.10. The van der Waals surface area contributed by atoms with Crippen molar-refractivity contribution in [2.45, 2.75) is 91.9 Å². The highest BCUT2D eigenvalue weighted by molar-refractivity contribution is 6.07. The summed E-state index contributed by atoms with van der Waals surface area (Å²) < 4.78 is 0. The third-order valence-electron chi connectivity index (χ3n) is 6.12. The molecule has 0 bridgehead atoms. The van der Waals surface area contributed by atoms with Crippen LogP contribution in [-0.2, 0) is 12.8 Å². The predicted octanol–water partition coefficient (Wildman–Crippen LogP) is 8.93. The lowest BCUT2D eigenvalue weighted by molar-refractivity contribution is 0.795. The average Bonchev–Trinajstić information content (AvgIpc) is 2.67. The number of fused-ring (bicyclic) bond motifs is 2. The van der Waals surface area contributed by atoms with Gasteiger partial charge in [-0.3, -0.25) is 0 Å². The Bertz CT molecular complexity index is 864. The molecule has 0 unspecified atom stereocenters. The highest BCUT2D eigenvalue weighted by Crippen LogP contribution is 2.41. The molecule has 0 spiro atoms. The maximum absolute atomic E-state index is 2.50. The van der Waals surface area contributed by atoms with Crippen molar-refractivity contribution in [2.24, 2.45) is 0 Å². The van der Waals surface area contributed by atoms with Crippen molar-refractivity contribution >= 4 is 21.5 Å². The van der Waals surface area contributed by atoms with Gasteiger partial charge in [0.25, 0.3) is 0 Å². The van der Waals surface area contributed by atoms with E-state index in [2.05, 4.69) is 77.9 Å². The van der Waals surface area contributed by atoms with Gasteiger partial charge in [-0.25, -0.2) is 0 Å². The molecule has 0 radical (unpaired) electrons. The number of rotatable bonds is 8. The fourth-order valence-corrected chi connectivity index (χ4v) is 4.71. The Morgan fingerprint density at radius 1 is 0.571 bits per heavy atom. The van der Waals surface area contributed by atoms with Crippen LogP contribution in [0.25, 0.3) is 21.5 Å². The largest absolute Gasteiger partial charge is 0.0654 e. The molecule has 3 aromatic rings. The van der Waals surface area contributed by atoms with Crippen LogP contribution in [0.15, 0.2) is 36.4 Å². The number of hydrogen-bond donors (Lipinski definition) is 0. The van der Waals surface area contributed by atoms with E-state index in [1.807, 2.05) is 0 Å². The van der Waals surface area contributed by atoms with E-state index in [1.165, 1.54) is 82.3 Å². The molecule has 0 aliphatic heterocycles. The monoisotopic (exact) mass is 374 g/mol. The smallest absolute Gasteiger partial charge is 0.0137 e. The molecule has 0 aromatic heterocycles. The standard InChI is InChI=1S/C28H38/c1-7-9-11-21-13-15-23-25(17-21)27(19(3)4)24-16-14-22(12-10-8-2)18-26(24)28(23)20(5)6/h13-20H,7-12H2,1-6H3. The fourth-order valence-electron chi connectivity index (χ4n) is 4.71. The number of aryl methyl sites for hydroxylation is 2. The van der Waals surface area contributed by atoms with Gasteiger partial charge in [0.15, 0.2) is 0 Å². The van der Waals surface area contributed by atoms with Crippen molar-refractivity contribution < 1.29 is 0 Å². The molecule has 0 amide bonds. The van der Waals surface area contributed by atoms with E-state index in [9.17, 15) is 0 Å². The molecule has 0 saturated heterocycles. The minimum absolute atomic E-state index is 0.522. The third-order valence-corrected chi connectivity index (χ3v) is 6.12. The summed E-state index contributed by atoms with van der Waals surface area (Å²) in [5, 5.41) is 5.92. The van der Waals surface area contributed by atoms with Gasteiger partial charge in [-0.15, -0.1) is 0 Å². The number of unbranched alkanes of at least 4 members (excludes halogenated alkanes) is 2. The van der Waals surface area contributed by atoms with Crippen molar-refractivity contribution in [3.05, 3.63) is 58.7 Å². The Morgan fingerprint density at radius 3 is 1.29 bits per heavy atom. The second kappa shape index (κ2) is 9.12. The van der Waals surface area contributed by atoms with Gasteiger partial charge in [-0.2, -0.15) is 0 Å². The Balaban J connectivity index is 2.34. The zero-order valence-electron chi connectivity index (χ0n) is 18.9. The van der Waals surface area contributed by atoms with Crippen LogP contribution in [0, 0.1) is 0 Å². The Morgan fingerprint density at radius 2 is 0.964 bits per heavy atom. The minimum Gasteiger partial charge on any atom is -0.0654 e.